The minimum Gasteiger partial charge on any atom is -0.171 e. The fourth-order valence-corrected chi connectivity index (χ4v) is 1.53. The van der Waals surface area contributed by atoms with E-state index in [0.717, 1.165) is 6.04 Å². The van der Waals surface area contributed by atoms with Crippen molar-refractivity contribution in [1.29, 1.82) is 0 Å². The Morgan fingerprint density at radius 2 is 1.70 bits per heavy atom. The summed E-state index contributed by atoms with van der Waals surface area (Å²) in [4.78, 5) is 0. The zero-order valence-corrected chi connectivity index (χ0v) is 7.26. The summed E-state index contributed by atoms with van der Waals surface area (Å²) in [5, 5.41) is 0. The van der Waals surface area contributed by atoms with Gasteiger partial charge in [-0.05, 0) is 6.42 Å². The first-order valence-corrected chi connectivity index (χ1v) is 5.98. The largest absolute Gasteiger partial charge is 0.389 e. The van der Waals surface area contributed by atoms with Crippen molar-refractivity contribution < 1.29 is 13.2 Å². The highest BCUT2D eigenvalue weighted by Crippen LogP contribution is 2.22. The number of alkyl halides is 3. The van der Waals surface area contributed by atoms with Crippen molar-refractivity contribution >= 4 is 8.80 Å². The van der Waals surface area contributed by atoms with Crippen LogP contribution in [0.3, 0.4) is 0 Å². The van der Waals surface area contributed by atoms with E-state index in [2.05, 4.69) is 0 Å². The predicted octanol–water partition coefficient (Wildman–Crippen LogP) is 3.08. The van der Waals surface area contributed by atoms with Crippen LogP contribution in [0, 0.1) is 0 Å². The van der Waals surface area contributed by atoms with Gasteiger partial charge in [0.05, 0.1) is 0 Å². The van der Waals surface area contributed by atoms with E-state index in [4.69, 9.17) is 0 Å². The van der Waals surface area contributed by atoms with Crippen molar-refractivity contribution in [3.63, 3.8) is 0 Å². The minimum atomic E-state index is -3.95. The van der Waals surface area contributed by atoms with Crippen LogP contribution in [0.15, 0.2) is 0 Å². The van der Waals surface area contributed by atoms with Gasteiger partial charge in [0.25, 0.3) is 0 Å². The molecule has 0 nitrogen and oxygen atoms in total. The van der Waals surface area contributed by atoms with Crippen molar-refractivity contribution in [2.45, 2.75) is 38.2 Å². The van der Waals surface area contributed by atoms with Crippen molar-refractivity contribution in [1.82, 2.24) is 0 Å². The van der Waals surface area contributed by atoms with E-state index in [-0.39, 0.29) is 0 Å². The first kappa shape index (κ1) is 10.0. The van der Waals surface area contributed by atoms with Crippen LogP contribution >= 0.6 is 0 Å². The van der Waals surface area contributed by atoms with Gasteiger partial charge in [0.1, 0.15) is 0 Å². The monoisotopic (exact) mass is 169 g/mol. The van der Waals surface area contributed by atoms with Crippen molar-refractivity contribution in [2.24, 2.45) is 0 Å². The lowest BCUT2D eigenvalue weighted by Crippen LogP contribution is -2.08. The van der Waals surface area contributed by atoms with Crippen LogP contribution in [0.5, 0.6) is 0 Å². The maximum absolute atomic E-state index is 11.5. The Bertz CT molecular complexity index is 87.5. The molecule has 0 heterocycles. The van der Waals surface area contributed by atoms with Gasteiger partial charge in [-0.1, -0.05) is 19.1 Å². The maximum Gasteiger partial charge on any atom is 0.389 e. The van der Waals surface area contributed by atoms with Gasteiger partial charge in [-0.3, -0.25) is 0 Å². The van der Waals surface area contributed by atoms with Gasteiger partial charge in [0.15, 0.2) is 0 Å². The van der Waals surface area contributed by atoms with Crippen LogP contribution in [-0.2, 0) is 0 Å². The Morgan fingerprint density at radius 1 is 1.20 bits per heavy atom. The quantitative estimate of drug-likeness (QED) is 0.569. The molecule has 0 aliphatic carbocycles. The molecule has 1 radical (unpaired) electrons. The van der Waals surface area contributed by atoms with Gasteiger partial charge in [-0.15, -0.1) is 0 Å². The van der Waals surface area contributed by atoms with Crippen molar-refractivity contribution in [3.05, 3.63) is 0 Å². The summed E-state index contributed by atoms with van der Waals surface area (Å²) >= 11 is 0. The maximum atomic E-state index is 11.5. The molecular weight excluding hydrogens is 157 g/mol. The van der Waals surface area contributed by atoms with Crippen molar-refractivity contribution in [2.75, 3.05) is 0 Å². The highest BCUT2D eigenvalue weighted by Gasteiger charge is 2.25. The van der Waals surface area contributed by atoms with E-state index in [0.29, 0.717) is 6.42 Å². The summed E-state index contributed by atoms with van der Waals surface area (Å²) in [6.07, 6.45) is -4.25. The average Bonchev–Trinajstić information content (AvgIpc) is 1.59. The van der Waals surface area contributed by atoms with Crippen molar-refractivity contribution in [3.8, 4) is 0 Å². The van der Waals surface area contributed by atoms with Gasteiger partial charge < -0.3 is 0 Å². The Hall–Kier alpha value is 0.00688. The third kappa shape index (κ3) is 8.01. The van der Waals surface area contributed by atoms with Crippen LogP contribution in [-0.4, -0.2) is 15.0 Å². The van der Waals surface area contributed by atoms with Crippen LogP contribution in [0.4, 0.5) is 13.2 Å². The third-order valence-corrected chi connectivity index (χ3v) is 2.49. The molecule has 61 valence electrons. The molecule has 4 heteroatoms. The van der Waals surface area contributed by atoms with E-state index in [1.165, 1.54) is 0 Å². The van der Waals surface area contributed by atoms with E-state index in [1.54, 1.807) is 0 Å². The summed E-state index contributed by atoms with van der Waals surface area (Å²) in [6, 6.07) is 0.768. The van der Waals surface area contributed by atoms with Gasteiger partial charge in [0.2, 0.25) is 0 Å². The molecule has 0 aromatic carbocycles. The molecule has 0 saturated carbocycles. The zero-order chi connectivity index (χ0) is 8.20. The van der Waals surface area contributed by atoms with Crippen LogP contribution in [0.2, 0.25) is 19.1 Å². The first-order chi connectivity index (χ1) is 4.42. The fraction of sp³-hybridized carbons (Fsp3) is 1.00. The standard InChI is InChI=1S/C6H12F3Si/c1-10(2)5-3-4-6(7,8)9/h3-5H2,1-2H3. The van der Waals surface area contributed by atoms with Gasteiger partial charge in [0, 0.05) is 15.2 Å². The number of rotatable bonds is 3. The summed E-state index contributed by atoms with van der Waals surface area (Å²) in [5.74, 6) is 0. The van der Waals surface area contributed by atoms with Gasteiger partial charge in [-0.25, -0.2) is 0 Å². The lowest BCUT2D eigenvalue weighted by Gasteiger charge is -2.05. The SMILES string of the molecule is C[Si](C)CCCC(F)(F)F. The predicted molar refractivity (Wildman–Crippen MR) is 37.6 cm³/mol. The first-order valence-electron chi connectivity index (χ1n) is 3.27. The molecule has 0 fully saturated rings. The van der Waals surface area contributed by atoms with E-state index in [1.807, 2.05) is 13.1 Å². The highest BCUT2D eigenvalue weighted by molar-refractivity contribution is 6.55. The zero-order valence-electron chi connectivity index (χ0n) is 6.26. The summed E-state index contributed by atoms with van der Waals surface area (Å²) in [6.45, 7) is 4.06. The Kier molecular flexibility index (Phi) is 4.01. The van der Waals surface area contributed by atoms with Gasteiger partial charge in [-0.2, -0.15) is 13.2 Å². The van der Waals surface area contributed by atoms with Crippen LogP contribution in [0.25, 0.3) is 0 Å². The molecule has 0 aromatic rings. The van der Waals surface area contributed by atoms with Crippen LogP contribution < -0.4 is 0 Å². The normalized spacial score (nSPS) is 12.6. The lowest BCUT2D eigenvalue weighted by atomic mass is 10.3. The number of halogens is 3. The summed E-state index contributed by atoms with van der Waals surface area (Å²) in [5.41, 5.74) is 0. The Morgan fingerprint density at radius 3 is 2.00 bits per heavy atom. The van der Waals surface area contributed by atoms with E-state index >= 15 is 0 Å². The molecule has 0 atom stereocenters. The van der Waals surface area contributed by atoms with E-state index in [9.17, 15) is 13.2 Å². The highest BCUT2D eigenvalue weighted by atomic mass is 28.3. The summed E-state index contributed by atoms with van der Waals surface area (Å²) in [7, 11) is -0.457. The topological polar surface area (TPSA) is 0 Å². The Labute approximate surface area is 61.0 Å². The Balaban J connectivity index is 3.21. The van der Waals surface area contributed by atoms with Gasteiger partial charge >= 0.3 is 6.18 Å². The molecule has 0 spiro atoms. The van der Waals surface area contributed by atoms with Crippen LogP contribution in [0.1, 0.15) is 12.8 Å². The second-order valence-corrected chi connectivity index (χ2v) is 5.59. The third-order valence-electron chi connectivity index (χ3n) is 1.14. The van der Waals surface area contributed by atoms with E-state index < -0.39 is 21.4 Å². The molecule has 0 amide bonds. The molecule has 10 heavy (non-hydrogen) atoms. The fourth-order valence-electron chi connectivity index (χ4n) is 0.642. The molecule has 0 bridgehead atoms. The smallest absolute Gasteiger partial charge is 0.171 e. The summed E-state index contributed by atoms with van der Waals surface area (Å²) < 4.78 is 34.6. The molecule has 0 saturated heterocycles. The molecule has 0 aliphatic rings. The second kappa shape index (κ2) is 4.01. The molecule has 0 N–H and O–H groups in total. The molecule has 0 unspecified atom stereocenters. The number of hydrogen-bond acceptors (Lipinski definition) is 0. The molecule has 0 aromatic heterocycles. The molecule has 0 aliphatic heterocycles. The second-order valence-electron chi connectivity index (χ2n) is 2.68. The molecule has 0 rings (SSSR count). The number of hydrogen-bond donors (Lipinski definition) is 0. The molecular formula is C6H12F3Si. The minimum absolute atomic E-state index is 0.310. The average molecular weight is 169 g/mol. The lowest BCUT2D eigenvalue weighted by molar-refractivity contribution is -0.134.